The van der Waals surface area contributed by atoms with Gasteiger partial charge in [-0.15, -0.1) is 0 Å². The lowest BCUT2D eigenvalue weighted by Gasteiger charge is -2.20. The molecule has 0 spiro atoms. The standard InChI is InChI=1S/C16H23NO3/c1-3-20-15-10-9-13(11-16(15)19-2)12-17(18)14-7-5-4-6-8-14/h9-12,14H,3-8H2,1-2H3/b17-12-. The first kappa shape index (κ1) is 14.7. The lowest BCUT2D eigenvalue weighted by Crippen LogP contribution is -2.25. The molecule has 0 amide bonds. The van der Waals surface area contributed by atoms with Crippen LogP contribution in [0.3, 0.4) is 0 Å². The van der Waals surface area contributed by atoms with Gasteiger partial charge in [0.25, 0.3) is 0 Å². The summed E-state index contributed by atoms with van der Waals surface area (Å²) in [7, 11) is 1.61. The summed E-state index contributed by atoms with van der Waals surface area (Å²) in [5.74, 6) is 1.37. The first-order valence-corrected chi connectivity index (χ1v) is 7.35. The van der Waals surface area contributed by atoms with Crippen molar-refractivity contribution in [2.75, 3.05) is 13.7 Å². The molecule has 0 N–H and O–H groups in total. The lowest BCUT2D eigenvalue weighted by atomic mass is 9.96. The predicted molar refractivity (Wildman–Crippen MR) is 79.8 cm³/mol. The second-order valence-electron chi connectivity index (χ2n) is 5.12. The summed E-state index contributed by atoms with van der Waals surface area (Å²) in [5.41, 5.74) is 0.853. The molecule has 0 unspecified atom stereocenters. The van der Waals surface area contributed by atoms with Crippen LogP contribution in [-0.2, 0) is 0 Å². The molecule has 110 valence electrons. The summed E-state index contributed by atoms with van der Waals surface area (Å²) in [6.07, 6.45) is 7.21. The summed E-state index contributed by atoms with van der Waals surface area (Å²) >= 11 is 0. The fourth-order valence-corrected chi connectivity index (χ4v) is 2.63. The quantitative estimate of drug-likeness (QED) is 0.359. The van der Waals surface area contributed by atoms with Gasteiger partial charge in [-0.25, -0.2) is 4.74 Å². The summed E-state index contributed by atoms with van der Waals surface area (Å²) in [4.78, 5) is 0. The maximum atomic E-state index is 12.2. The van der Waals surface area contributed by atoms with E-state index in [2.05, 4.69) is 0 Å². The fourth-order valence-electron chi connectivity index (χ4n) is 2.63. The van der Waals surface area contributed by atoms with E-state index in [4.69, 9.17) is 9.47 Å². The van der Waals surface area contributed by atoms with Crippen molar-refractivity contribution >= 4 is 6.21 Å². The molecule has 1 aliphatic carbocycles. The van der Waals surface area contributed by atoms with Crippen LogP contribution in [0.25, 0.3) is 0 Å². The lowest BCUT2D eigenvalue weighted by molar-refractivity contribution is -0.500. The highest BCUT2D eigenvalue weighted by Gasteiger charge is 2.19. The smallest absolute Gasteiger partial charge is 0.182 e. The maximum Gasteiger partial charge on any atom is 0.182 e. The minimum Gasteiger partial charge on any atom is -0.624 e. The van der Waals surface area contributed by atoms with E-state index >= 15 is 0 Å². The number of rotatable bonds is 5. The molecule has 0 atom stereocenters. The molecule has 1 aromatic carbocycles. The average molecular weight is 277 g/mol. The fraction of sp³-hybridized carbons (Fsp3) is 0.562. The average Bonchev–Trinajstić information content (AvgIpc) is 2.50. The Morgan fingerprint density at radius 2 is 2.00 bits per heavy atom. The van der Waals surface area contributed by atoms with Gasteiger partial charge in [0.15, 0.2) is 23.8 Å². The van der Waals surface area contributed by atoms with Crippen molar-refractivity contribution < 1.29 is 14.2 Å². The number of benzene rings is 1. The zero-order chi connectivity index (χ0) is 14.4. The van der Waals surface area contributed by atoms with Crippen molar-refractivity contribution in [3.8, 4) is 11.5 Å². The third-order valence-electron chi connectivity index (χ3n) is 3.70. The number of hydroxylamine groups is 1. The van der Waals surface area contributed by atoms with Gasteiger partial charge in [0.1, 0.15) is 0 Å². The second kappa shape index (κ2) is 7.17. The molecule has 20 heavy (non-hydrogen) atoms. The van der Waals surface area contributed by atoms with E-state index < -0.39 is 0 Å². The number of ether oxygens (including phenoxy) is 2. The minimum absolute atomic E-state index is 0.126. The van der Waals surface area contributed by atoms with Gasteiger partial charge in [-0.3, -0.25) is 0 Å². The van der Waals surface area contributed by atoms with Gasteiger partial charge in [-0.05, 0) is 38.0 Å². The molecule has 0 bridgehead atoms. The van der Waals surface area contributed by atoms with Crippen LogP contribution < -0.4 is 9.47 Å². The molecular weight excluding hydrogens is 254 g/mol. The Bertz CT molecular complexity index is 465. The molecule has 1 fully saturated rings. The summed E-state index contributed by atoms with van der Waals surface area (Å²) in [5, 5.41) is 12.2. The van der Waals surface area contributed by atoms with E-state index in [0.29, 0.717) is 18.1 Å². The Hall–Kier alpha value is -1.71. The Morgan fingerprint density at radius 1 is 1.25 bits per heavy atom. The van der Waals surface area contributed by atoms with Crippen LogP contribution in [0.2, 0.25) is 0 Å². The van der Waals surface area contributed by atoms with Gasteiger partial charge in [0, 0.05) is 18.4 Å². The van der Waals surface area contributed by atoms with Crippen LogP contribution >= 0.6 is 0 Å². The normalized spacial score (nSPS) is 17.0. The first-order valence-electron chi connectivity index (χ1n) is 7.35. The summed E-state index contributed by atoms with van der Waals surface area (Å²) in [6, 6.07) is 5.71. The number of methoxy groups -OCH3 is 1. The van der Waals surface area contributed by atoms with E-state index in [9.17, 15) is 5.21 Å². The molecule has 0 aromatic heterocycles. The number of nitrogens with zero attached hydrogens (tertiary/aromatic N) is 1. The topological polar surface area (TPSA) is 44.5 Å². The molecule has 1 aromatic rings. The summed E-state index contributed by atoms with van der Waals surface area (Å²) < 4.78 is 11.9. The Kier molecular flexibility index (Phi) is 5.27. The maximum absolute atomic E-state index is 12.2. The van der Waals surface area contributed by atoms with Crippen LogP contribution in [0.15, 0.2) is 18.2 Å². The van der Waals surface area contributed by atoms with Crippen molar-refractivity contribution in [1.29, 1.82) is 0 Å². The zero-order valence-electron chi connectivity index (χ0n) is 12.3. The van der Waals surface area contributed by atoms with Crippen molar-refractivity contribution in [2.24, 2.45) is 0 Å². The molecule has 1 aliphatic rings. The third-order valence-corrected chi connectivity index (χ3v) is 3.70. The third kappa shape index (κ3) is 3.65. The first-order chi connectivity index (χ1) is 9.74. The van der Waals surface area contributed by atoms with Crippen molar-refractivity contribution in [1.82, 2.24) is 0 Å². The van der Waals surface area contributed by atoms with E-state index in [0.717, 1.165) is 36.0 Å². The van der Waals surface area contributed by atoms with Gasteiger partial charge in [0.05, 0.1) is 13.7 Å². The molecule has 4 heteroatoms. The monoisotopic (exact) mass is 277 g/mol. The zero-order valence-corrected chi connectivity index (χ0v) is 12.3. The van der Waals surface area contributed by atoms with E-state index in [1.165, 1.54) is 6.42 Å². The Balaban J connectivity index is 2.15. The van der Waals surface area contributed by atoms with Gasteiger partial charge >= 0.3 is 0 Å². The molecule has 0 heterocycles. The molecular formula is C16H23NO3. The molecule has 1 saturated carbocycles. The van der Waals surface area contributed by atoms with Crippen LogP contribution in [0.4, 0.5) is 0 Å². The predicted octanol–water partition coefficient (Wildman–Crippen LogP) is 3.36. The second-order valence-corrected chi connectivity index (χ2v) is 5.12. The molecule has 4 nitrogen and oxygen atoms in total. The Morgan fingerprint density at radius 3 is 2.65 bits per heavy atom. The van der Waals surface area contributed by atoms with Gasteiger partial charge in [0.2, 0.25) is 0 Å². The molecule has 2 rings (SSSR count). The highest BCUT2D eigenvalue weighted by atomic mass is 16.5. The van der Waals surface area contributed by atoms with E-state index in [1.807, 2.05) is 25.1 Å². The highest BCUT2D eigenvalue weighted by Crippen LogP contribution is 2.27. The van der Waals surface area contributed by atoms with Crippen molar-refractivity contribution in [3.05, 3.63) is 29.0 Å². The molecule has 0 radical (unpaired) electrons. The Labute approximate surface area is 120 Å². The van der Waals surface area contributed by atoms with Crippen molar-refractivity contribution in [3.63, 3.8) is 0 Å². The molecule has 0 aliphatic heterocycles. The van der Waals surface area contributed by atoms with Crippen LogP contribution in [0.1, 0.15) is 44.6 Å². The van der Waals surface area contributed by atoms with Crippen LogP contribution in [0.5, 0.6) is 11.5 Å². The van der Waals surface area contributed by atoms with Crippen molar-refractivity contribution in [2.45, 2.75) is 45.1 Å². The van der Waals surface area contributed by atoms with E-state index in [-0.39, 0.29) is 6.04 Å². The molecule has 0 saturated heterocycles. The highest BCUT2D eigenvalue weighted by molar-refractivity contribution is 5.77. The van der Waals surface area contributed by atoms with Gasteiger partial charge in [-0.2, -0.15) is 0 Å². The largest absolute Gasteiger partial charge is 0.624 e. The van der Waals surface area contributed by atoms with Gasteiger partial charge < -0.3 is 14.7 Å². The number of hydrogen-bond acceptors (Lipinski definition) is 3. The number of hydrogen-bond donors (Lipinski definition) is 0. The minimum atomic E-state index is 0.126. The van der Waals surface area contributed by atoms with E-state index in [1.54, 1.807) is 13.3 Å². The SMILES string of the molecule is CCOc1ccc(/C=[N+](\[O-])C2CCCCC2)cc1OC. The van der Waals surface area contributed by atoms with Gasteiger partial charge in [-0.1, -0.05) is 6.42 Å². The van der Waals surface area contributed by atoms with Crippen LogP contribution in [-0.4, -0.2) is 30.7 Å². The van der Waals surface area contributed by atoms with Crippen LogP contribution in [0, 0.1) is 5.21 Å². The summed E-state index contributed by atoms with van der Waals surface area (Å²) in [6.45, 7) is 2.52.